The molecule has 4 rings (SSSR count). The van der Waals surface area contributed by atoms with E-state index in [4.69, 9.17) is 4.52 Å². The van der Waals surface area contributed by atoms with E-state index < -0.39 is 70.6 Å². The number of aliphatic hydroxyl groups is 1. The number of nitrogens with zero attached hydrogens (tertiary/aromatic N) is 2. The van der Waals surface area contributed by atoms with Crippen molar-refractivity contribution in [3.8, 4) is 11.1 Å². The van der Waals surface area contributed by atoms with Crippen LogP contribution in [0.1, 0.15) is 6.42 Å². The van der Waals surface area contributed by atoms with Crippen LogP contribution in [0.3, 0.4) is 0 Å². The number of halogens is 5. The summed E-state index contributed by atoms with van der Waals surface area (Å²) in [6.45, 7) is -1.21. The quantitative estimate of drug-likeness (QED) is 0.515. The molecule has 1 aliphatic rings. The van der Waals surface area contributed by atoms with Gasteiger partial charge in [-0.05, 0) is 12.5 Å². The van der Waals surface area contributed by atoms with Crippen molar-refractivity contribution < 1.29 is 40.0 Å². The average molecular weight is 491 g/mol. The van der Waals surface area contributed by atoms with Crippen LogP contribution in [0.25, 0.3) is 22.1 Å². The molecule has 178 valence electrons. The lowest BCUT2D eigenvalue weighted by molar-refractivity contribution is -0.0308. The van der Waals surface area contributed by atoms with Crippen LogP contribution in [0.15, 0.2) is 34.9 Å². The summed E-state index contributed by atoms with van der Waals surface area (Å²) in [5.41, 5.74) is -0.720. The minimum atomic E-state index is -4.02. The number of aliphatic hydroxyl groups excluding tert-OH is 1. The van der Waals surface area contributed by atoms with Crippen LogP contribution in [0.2, 0.25) is 0 Å². The Hall–Kier alpha value is -2.77. The van der Waals surface area contributed by atoms with Gasteiger partial charge in [0.25, 0.3) is 5.92 Å². The van der Waals surface area contributed by atoms with Crippen LogP contribution in [0.5, 0.6) is 0 Å². The first kappa shape index (κ1) is 23.4. The maximum absolute atomic E-state index is 15.1. The number of hydrogen-bond acceptors (Lipinski definition) is 6. The SMILES string of the molecule is CS(=O)(=O)N[C@@H]1CN(c2noc3cccc(-c4c(F)cc(F)cc4F)c23)[C@H](CCO)C1(F)F. The normalized spacial score (nSPS) is 20.6. The molecule has 1 fully saturated rings. The third-order valence-electron chi connectivity index (χ3n) is 5.45. The number of aromatic nitrogens is 1. The van der Waals surface area contributed by atoms with Crippen molar-refractivity contribution >= 4 is 26.8 Å². The summed E-state index contributed by atoms with van der Waals surface area (Å²) in [5, 5.41) is 13.1. The molecule has 1 saturated heterocycles. The summed E-state index contributed by atoms with van der Waals surface area (Å²) in [7, 11) is -4.02. The first-order chi connectivity index (χ1) is 15.4. The second kappa shape index (κ2) is 8.22. The Bertz CT molecular complexity index is 1290. The first-order valence-electron chi connectivity index (χ1n) is 9.70. The number of hydrogen-bond donors (Lipinski definition) is 2. The van der Waals surface area contributed by atoms with Gasteiger partial charge in [-0.25, -0.2) is 35.1 Å². The third-order valence-corrected chi connectivity index (χ3v) is 6.16. The fraction of sp³-hybridized carbons (Fsp3) is 0.350. The van der Waals surface area contributed by atoms with Crippen molar-refractivity contribution in [3.63, 3.8) is 0 Å². The largest absolute Gasteiger partial charge is 0.396 e. The van der Waals surface area contributed by atoms with Crippen molar-refractivity contribution in [1.82, 2.24) is 9.88 Å². The molecule has 0 unspecified atom stereocenters. The van der Waals surface area contributed by atoms with Gasteiger partial charge in [0.15, 0.2) is 11.4 Å². The predicted molar refractivity (Wildman–Crippen MR) is 109 cm³/mol. The number of fused-ring (bicyclic) bond motifs is 1. The minimum absolute atomic E-state index is 0.0104. The number of sulfonamides is 1. The van der Waals surface area contributed by atoms with E-state index >= 15 is 8.78 Å². The fourth-order valence-corrected chi connectivity index (χ4v) is 4.89. The predicted octanol–water partition coefficient (Wildman–Crippen LogP) is 3.04. The van der Waals surface area contributed by atoms with Crippen molar-refractivity contribution in [1.29, 1.82) is 0 Å². The summed E-state index contributed by atoms with van der Waals surface area (Å²) >= 11 is 0. The molecule has 1 aliphatic heterocycles. The van der Waals surface area contributed by atoms with Gasteiger partial charge in [0, 0.05) is 30.8 Å². The highest BCUT2D eigenvalue weighted by molar-refractivity contribution is 7.88. The van der Waals surface area contributed by atoms with Crippen LogP contribution in [0, 0.1) is 17.5 Å². The van der Waals surface area contributed by atoms with E-state index in [-0.39, 0.29) is 22.4 Å². The Morgan fingerprint density at radius 3 is 2.52 bits per heavy atom. The molecule has 2 N–H and O–H groups in total. The highest BCUT2D eigenvalue weighted by Crippen LogP contribution is 2.44. The van der Waals surface area contributed by atoms with E-state index in [1.54, 1.807) is 0 Å². The van der Waals surface area contributed by atoms with Gasteiger partial charge < -0.3 is 14.5 Å². The van der Waals surface area contributed by atoms with Crippen LogP contribution < -0.4 is 9.62 Å². The van der Waals surface area contributed by atoms with Gasteiger partial charge in [0.05, 0.1) is 23.2 Å². The average Bonchev–Trinajstić information content (AvgIpc) is 3.21. The molecule has 3 aromatic rings. The molecule has 2 heterocycles. The topological polar surface area (TPSA) is 95.7 Å². The molecular weight excluding hydrogens is 473 g/mol. The van der Waals surface area contributed by atoms with Crippen LogP contribution in [0.4, 0.5) is 27.8 Å². The summed E-state index contributed by atoms with van der Waals surface area (Å²) in [6, 6.07) is 1.49. The van der Waals surface area contributed by atoms with Gasteiger partial charge in [0.1, 0.15) is 23.5 Å². The van der Waals surface area contributed by atoms with Crippen LogP contribution >= 0.6 is 0 Å². The summed E-state index contributed by atoms with van der Waals surface area (Å²) < 4.78 is 103. The monoisotopic (exact) mass is 491 g/mol. The number of anilines is 1. The standard InChI is InChI=1S/C20H18F5N3O4S/c1-33(30,31)27-15-9-28(16(5-6-29)20(15,24)25)19-18-11(3-2-4-14(18)32-26-19)17-12(22)7-10(21)8-13(17)23/h2-4,7-8,15-16,27,29H,5-6,9H2,1H3/t15-,16-/m1/s1. The Labute approximate surface area is 184 Å². The minimum Gasteiger partial charge on any atom is -0.396 e. The number of nitrogens with one attached hydrogen (secondary N) is 1. The Kier molecular flexibility index (Phi) is 5.83. The molecule has 1 aromatic heterocycles. The first-order valence-corrected chi connectivity index (χ1v) is 11.6. The zero-order valence-electron chi connectivity index (χ0n) is 17.0. The third kappa shape index (κ3) is 4.15. The van der Waals surface area contributed by atoms with Crippen LogP contribution in [-0.4, -0.2) is 56.1 Å². The van der Waals surface area contributed by atoms with Gasteiger partial charge in [-0.15, -0.1) is 0 Å². The van der Waals surface area contributed by atoms with Gasteiger partial charge in [-0.3, -0.25) is 0 Å². The molecule has 0 aliphatic carbocycles. The molecule has 0 spiro atoms. The van der Waals surface area contributed by atoms with E-state index in [0.717, 1.165) is 11.2 Å². The van der Waals surface area contributed by atoms with E-state index in [2.05, 4.69) is 5.16 Å². The van der Waals surface area contributed by atoms with E-state index in [0.29, 0.717) is 12.1 Å². The molecule has 0 bridgehead atoms. The summed E-state index contributed by atoms with van der Waals surface area (Å²) in [4.78, 5) is 1.04. The number of rotatable bonds is 6. The fourth-order valence-electron chi connectivity index (χ4n) is 4.14. The molecule has 33 heavy (non-hydrogen) atoms. The highest BCUT2D eigenvalue weighted by Gasteiger charge is 2.57. The van der Waals surface area contributed by atoms with Crippen LogP contribution in [-0.2, 0) is 10.0 Å². The van der Waals surface area contributed by atoms with Gasteiger partial charge in [-0.2, -0.15) is 0 Å². The zero-order valence-corrected chi connectivity index (χ0v) is 17.8. The van der Waals surface area contributed by atoms with E-state index in [1.807, 2.05) is 4.72 Å². The molecule has 0 saturated carbocycles. The molecule has 0 amide bonds. The maximum atomic E-state index is 15.1. The van der Waals surface area contributed by atoms with Crippen molar-refractivity contribution in [2.45, 2.75) is 24.4 Å². The molecule has 7 nitrogen and oxygen atoms in total. The molecule has 0 radical (unpaired) electrons. The second-order valence-corrected chi connectivity index (χ2v) is 9.51. The smallest absolute Gasteiger partial charge is 0.285 e. The lowest BCUT2D eigenvalue weighted by atomic mass is 9.99. The summed E-state index contributed by atoms with van der Waals surface area (Å²) in [6.07, 6.45) is 0.279. The van der Waals surface area contributed by atoms with Crippen molar-refractivity contribution in [3.05, 3.63) is 47.8 Å². The Morgan fingerprint density at radius 1 is 1.24 bits per heavy atom. The van der Waals surface area contributed by atoms with Gasteiger partial charge in [0.2, 0.25) is 10.0 Å². The molecule has 13 heteroatoms. The van der Waals surface area contributed by atoms with Gasteiger partial charge in [-0.1, -0.05) is 17.3 Å². The van der Waals surface area contributed by atoms with Crippen molar-refractivity contribution in [2.75, 3.05) is 24.3 Å². The summed E-state index contributed by atoms with van der Waals surface area (Å²) in [5.74, 6) is -7.42. The molecular formula is C20H18F5N3O4S. The van der Waals surface area contributed by atoms with E-state index in [1.165, 1.54) is 18.2 Å². The van der Waals surface area contributed by atoms with Crippen molar-refractivity contribution in [2.24, 2.45) is 0 Å². The highest BCUT2D eigenvalue weighted by atomic mass is 32.2. The lowest BCUT2D eigenvalue weighted by Crippen LogP contribution is -2.49. The van der Waals surface area contributed by atoms with Gasteiger partial charge >= 0.3 is 0 Å². The number of benzene rings is 2. The van der Waals surface area contributed by atoms with E-state index in [9.17, 15) is 26.7 Å². The lowest BCUT2D eigenvalue weighted by Gasteiger charge is -2.27. The number of alkyl halides is 2. The molecule has 2 atom stereocenters. The molecule has 2 aromatic carbocycles. The maximum Gasteiger partial charge on any atom is 0.285 e. The Morgan fingerprint density at radius 2 is 1.91 bits per heavy atom. The second-order valence-electron chi connectivity index (χ2n) is 7.73. The zero-order chi connectivity index (χ0) is 24.1. The Balaban J connectivity index is 1.90.